The molecule has 0 aliphatic rings. The number of halogens is 5. The van der Waals surface area contributed by atoms with E-state index in [4.69, 9.17) is 17.0 Å². The Balaban J connectivity index is 1.75. The Morgan fingerprint density at radius 3 is 2.21 bits per heavy atom. The van der Waals surface area contributed by atoms with E-state index in [0.717, 1.165) is 0 Å². The van der Waals surface area contributed by atoms with Crippen LogP contribution in [0, 0.1) is 11.2 Å². The highest BCUT2D eigenvalue weighted by atomic mass is 35.5. The minimum atomic E-state index is -4.83. The molecular weight excluding hydrogens is 470 g/mol. The van der Waals surface area contributed by atoms with Gasteiger partial charge in [0.25, 0.3) is 5.91 Å². The molecule has 0 fully saturated rings. The van der Waals surface area contributed by atoms with Gasteiger partial charge in [-0.1, -0.05) is 54.1 Å². The second-order valence-electron chi connectivity index (χ2n) is 7.25. The number of rotatable bonds is 8. The molecule has 3 N–H and O–H groups in total. The summed E-state index contributed by atoms with van der Waals surface area (Å²) in [6, 6.07) is 18.6. The van der Waals surface area contributed by atoms with Crippen molar-refractivity contribution in [1.82, 2.24) is 5.32 Å². The summed E-state index contributed by atoms with van der Waals surface area (Å²) in [6.07, 6.45) is -3.86. The van der Waals surface area contributed by atoms with Crippen LogP contribution in [0.3, 0.4) is 0 Å². The van der Waals surface area contributed by atoms with Crippen LogP contribution >= 0.6 is 11.6 Å². The second-order valence-corrected chi connectivity index (χ2v) is 7.66. The first kappa shape index (κ1) is 25.0. The zero-order valence-electron chi connectivity index (χ0n) is 17.7. The van der Waals surface area contributed by atoms with Crippen LogP contribution in [0.15, 0.2) is 78.9 Å². The third kappa shape index (κ3) is 6.68. The fourth-order valence-electron chi connectivity index (χ4n) is 3.04. The maximum Gasteiger partial charge on any atom is 0.432 e. The van der Waals surface area contributed by atoms with E-state index >= 15 is 0 Å². The summed E-state index contributed by atoms with van der Waals surface area (Å²) in [5.41, 5.74) is -0.123. The first-order chi connectivity index (χ1) is 16.1. The summed E-state index contributed by atoms with van der Waals surface area (Å²) in [4.78, 5) is 12.4. The molecule has 0 aromatic heterocycles. The van der Waals surface area contributed by atoms with Crippen molar-refractivity contribution in [2.45, 2.75) is 12.6 Å². The molecule has 0 saturated heterocycles. The molecule has 0 atom stereocenters. The maximum atomic E-state index is 13.7. The van der Waals surface area contributed by atoms with Gasteiger partial charge in [0.1, 0.15) is 11.5 Å². The van der Waals surface area contributed by atoms with E-state index in [2.05, 4.69) is 10.6 Å². The summed E-state index contributed by atoms with van der Waals surface area (Å²) >= 11 is 6.11. The van der Waals surface area contributed by atoms with Crippen molar-refractivity contribution in [2.24, 2.45) is 0 Å². The van der Waals surface area contributed by atoms with Gasteiger partial charge in [0, 0.05) is 17.8 Å². The Morgan fingerprint density at radius 1 is 0.941 bits per heavy atom. The lowest BCUT2D eigenvalue weighted by Crippen LogP contribution is -2.25. The first-order valence-corrected chi connectivity index (χ1v) is 10.5. The second kappa shape index (κ2) is 11.0. The Kier molecular flexibility index (Phi) is 8.07. The fourth-order valence-corrected chi connectivity index (χ4v) is 3.22. The normalized spacial score (nSPS) is 11.7. The number of benzene rings is 3. The highest BCUT2D eigenvalue weighted by Gasteiger charge is 2.33. The summed E-state index contributed by atoms with van der Waals surface area (Å²) in [6.45, 7) is 0.212. The van der Waals surface area contributed by atoms with Crippen molar-refractivity contribution >= 4 is 34.6 Å². The molecule has 4 nitrogen and oxygen atoms in total. The van der Waals surface area contributed by atoms with Crippen LogP contribution < -0.4 is 10.6 Å². The number of nitrogens with one attached hydrogen (secondary N) is 3. The molecule has 34 heavy (non-hydrogen) atoms. The molecule has 0 unspecified atom stereocenters. The van der Waals surface area contributed by atoms with Crippen molar-refractivity contribution in [3.05, 3.63) is 106 Å². The molecule has 3 rings (SSSR count). The van der Waals surface area contributed by atoms with Gasteiger partial charge in [0.2, 0.25) is 0 Å². The molecular formula is C25H20ClF4N3O. The molecule has 0 saturated carbocycles. The van der Waals surface area contributed by atoms with Crippen molar-refractivity contribution in [1.29, 1.82) is 5.41 Å². The van der Waals surface area contributed by atoms with Gasteiger partial charge in [-0.2, -0.15) is 13.2 Å². The molecule has 0 aliphatic carbocycles. The Bertz CT molecular complexity index is 1210. The van der Waals surface area contributed by atoms with Crippen LogP contribution in [-0.2, 0) is 6.42 Å². The molecule has 1 amide bonds. The van der Waals surface area contributed by atoms with E-state index in [0.29, 0.717) is 29.3 Å². The number of allylic oxidation sites excluding steroid dienone is 1. The van der Waals surface area contributed by atoms with Gasteiger partial charge >= 0.3 is 6.18 Å². The molecule has 0 heterocycles. The van der Waals surface area contributed by atoms with Crippen LogP contribution in [0.25, 0.3) is 5.70 Å². The molecule has 176 valence electrons. The largest absolute Gasteiger partial charge is 0.432 e. The monoisotopic (exact) mass is 489 g/mol. The fraction of sp³-hybridized carbons (Fsp3) is 0.120. The predicted molar refractivity (Wildman–Crippen MR) is 126 cm³/mol. The number of carbonyl (C=O) groups excluding carboxylic acids is 1. The quantitative estimate of drug-likeness (QED) is 0.250. The van der Waals surface area contributed by atoms with E-state index in [1.54, 1.807) is 42.5 Å². The molecule has 0 aliphatic heterocycles. The third-order valence-electron chi connectivity index (χ3n) is 4.83. The first-order valence-electron chi connectivity index (χ1n) is 10.2. The summed E-state index contributed by atoms with van der Waals surface area (Å²) < 4.78 is 52.6. The van der Waals surface area contributed by atoms with E-state index in [1.807, 2.05) is 0 Å². The maximum absolute atomic E-state index is 13.7. The number of anilines is 1. The average Bonchev–Trinajstić information content (AvgIpc) is 2.80. The van der Waals surface area contributed by atoms with Crippen LogP contribution in [0.4, 0.5) is 23.2 Å². The molecule has 0 bridgehead atoms. The van der Waals surface area contributed by atoms with E-state index < -0.39 is 17.8 Å². The summed E-state index contributed by atoms with van der Waals surface area (Å²) in [7, 11) is 0. The number of para-hydroxylation sites is 1. The van der Waals surface area contributed by atoms with Crippen LogP contribution in [-0.4, -0.2) is 24.3 Å². The zero-order chi connectivity index (χ0) is 24.7. The van der Waals surface area contributed by atoms with Crippen molar-refractivity contribution in [3.63, 3.8) is 0 Å². The summed E-state index contributed by atoms with van der Waals surface area (Å²) in [5, 5.41) is 13.1. The topological polar surface area (TPSA) is 65.0 Å². The minimum absolute atomic E-state index is 0.0121. The van der Waals surface area contributed by atoms with Crippen LogP contribution in [0.5, 0.6) is 0 Å². The minimum Gasteiger partial charge on any atom is -0.354 e. The van der Waals surface area contributed by atoms with Crippen LogP contribution in [0.2, 0.25) is 5.02 Å². The lowest BCUT2D eigenvalue weighted by atomic mass is 10.1. The highest BCUT2D eigenvalue weighted by Crippen LogP contribution is 2.27. The SMILES string of the molecule is N=C(/C=C(\Nc1ccccc1Cl)c1ccc(C(=O)NCCc2ccccc2F)cc1)C(F)(F)F. The van der Waals surface area contributed by atoms with Crippen molar-refractivity contribution in [3.8, 4) is 0 Å². The predicted octanol–water partition coefficient (Wildman–Crippen LogP) is 6.49. The molecule has 9 heteroatoms. The van der Waals surface area contributed by atoms with Gasteiger partial charge in [-0.3, -0.25) is 10.2 Å². The van der Waals surface area contributed by atoms with Gasteiger partial charge in [0.05, 0.1) is 10.7 Å². The van der Waals surface area contributed by atoms with Gasteiger partial charge in [-0.15, -0.1) is 0 Å². The number of carbonyl (C=O) groups is 1. The lowest BCUT2D eigenvalue weighted by Gasteiger charge is -2.15. The van der Waals surface area contributed by atoms with Gasteiger partial charge in [0.15, 0.2) is 0 Å². The van der Waals surface area contributed by atoms with Gasteiger partial charge in [-0.05, 0) is 54.0 Å². The number of hydrogen-bond donors (Lipinski definition) is 3. The van der Waals surface area contributed by atoms with Crippen molar-refractivity contribution in [2.75, 3.05) is 11.9 Å². The Hall–Kier alpha value is -3.65. The van der Waals surface area contributed by atoms with Crippen molar-refractivity contribution < 1.29 is 22.4 Å². The molecule has 0 spiro atoms. The lowest BCUT2D eigenvalue weighted by molar-refractivity contribution is -0.0583. The van der Waals surface area contributed by atoms with E-state index in [-0.39, 0.29) is 28.6 Å². The molecule has 3 aromatic carbocycles. The van der Waals surface area contributed by atoms with E-state index in [9.17, 15) is 22.4 Å². The molecule has 3 aromatic rings. The van der Waals surface area contributed by atoms with E-state index in [1.165, 1.54) is 30.3 Å². The average molecular weight is 490 g/mol. The van der Waals surface area contributed by atoms with Gasteiger partial charge < -0.3 is 10.6 Å². The highest BCUT2D eigenvalue weighted by molar-refractivity contribution is 6.33. The zero-order valence-corrected chi connectivity index (χ0v) is 18.5. The number of alkyl halides is 3. The third-order valence-corrected chi connectivity index (χ3v) is 5.16. The van der Waals surface area contributed by atoms with Gasteiger partial charge in [-0.25, -0.2) is 4.39 Å². The smallest absolute Gasteiger partial charge is 0.354 e. The van der Waals surface area contributed by atoms with Crippen LogP contribution in [0.1, 0.15) is 21.5 Å². The Morgan fingerprint density at radius 2 is 1.56 bits per heavy atom. The summed E-state index contributed by atoms with van der Waals surface area (Å²) in [5.74, 6) is -0.758. The Labute approximate surface area is 198 Å². The standard InChI is InChI=1S/C25H20ClF4N3O/c26-19-6-2-4-8-21(19)33-22(15-23(31)25(28,29)30)17-9-11-18(12-10-17)24(34)32-14-13-16-5-1-3-7-20(16)27/h1-12,15,31,33H,13-14H2,(H,32,34)/b22-15-,31-23?. The molecule has 0 radical (unpaired) electrons. The number of hydrogen-bond acceptors (Lipinski definition) is 3. The number of amides is 1.